The highest BCUT2D eigenvalue weighted by atomic mass is 16.3. The molecule has 7 aromatic rings. The lowest BCUT2D eigenvalue weighted by atomic mass is 9.65. The summed E-state index contributed by atoms with van der Waals surface area (Å²) in [7, 11) is 0. The minimum Gasteiger partial charge on any atom is -0.455 e. The van der Waals surface area contributed by atoms with Gasteiger partial charge < -0.3 is 4.42 Å². The Kier molecular flexibility index (Phi) is 8.15. The lowest BCUT2D eigenvalue weighted by Crippen LogP contribution is -2.35. The number of hydrogen-bond donors (Lipinski definition) is 0. The zero-order valence-electron chi connectivity index (χ0n) is 32.1. The SMILES string of the molecule is C=C(/C=c1/ccc(-c2ccccc2)cc1=C)C1=c2\cccc\c2=C(C2=Cc3c(ccc4c3oc3ccccc34)C3c4ccccc4C(C)(C)C23)\C=C\CC\C=C\1. The first kappa shape index (κ1) is 34.1. The molecule has 10 rings (SSSR count). The maximum absolute atomic E-state index is 6.77. The number of para-hydroxylation sites is 1. The van der Waals surface area contributed by atoms with E-state index in [0.717, 1.165) is 51.0 Å². The van der Waals surface area contributed by atoms with Gasteiger partial charge in [-0.05, 0) is 114 Å². The van der Waals surface area contributed by atoms with E-state index < -0.39 is 0 Å². The van der Waals surface area contributed by atoms with Gasteiger partial charge in [0.15, 0.2) is 0 Å². The lowest BCUT2D eigenvalue weighted by molar-refractivity contribution is 0.379. The highest BCUT2D eigenvalue weighted by molar-refractivity contribution is 6.08. The summed E-state index contributed by atoms with van der Waals surface area (Å²) in [6, 6.07) is 48.2. The molecule has 2 atom stereocenters. The van der Waals surface area contributed by atoms with E-state index in [2.05, 4.69) is 190 Å². The summed E-state index contributed by atoms with van der Waals surface area (Å²) in [5, 5.41) is 6.77. The Hall–Kier alpha value is -6.44. The molecule has 3 aliphatic rings. The van der Waals surface area contributed by atoms with Crippen molar-refractivity contribution in [3.63, 3.8) is 0 Å². The second-order valence-electron chi connectivity index (χ2n) is 16.1. The molecule has 1 nitrogen and oxygen atoms in total. The summed E-state index contributed by atoms with van der Waals surface area (Å²) < 4.78 is 6.77. The third-order valence-electron chi connectivity index (χ3n) is 12.5. The first-order valence-electron chi connectivity index (χ1n) is 19.9. The molecule has 2 unspecified atom stereocenters. The standard InChI is InChI=1S/C55H44O/c1-35-32-39(37-18-8-7-9-19-37)29-28-38(35)33-36(2)40-20-10-5-6-11-21-43(42-23-13-12-22-41(40)42)48-34-49-45(30-31-46-44-24-15-17-27-51(44)56-54(46)49)52-47-25-14-16-26-50(47)55(3,4)53(48)52/h7-34,52-53H,1-2,5-6H2,3-4H3/b20-10+,21-11+,38-33-,41-40+,43-42+. The van der Waals surface area contributed by atoms with E-state index >= 15 is 0 Å². The normalized spacial score (nSPS) is 21.8. The van der Waals surface area contributed by atoms with Gasteiger partial charge in [-0.1, -0.05) is 173 Å². The molecule has 1 aromatic heterocycles. The quantitative estimate of drug-likeness (QED) is 0.176. The molecule has 0 amide bonds. The topological polar surface area (TPSA) is 13.1 Å². The van der Waals surface area contributed by atoms with Gasteiger partial charge in [0, 0.05) is 28.2 Å². The van der Waals surface area contributed by atoms with Crippen LogP contribution in [0, 0.1) is 5.92 Å². The van der Waals surface area contributed by atoms with Crippen LogP contribution < -0.4 is 20.9 Å². The molecule has 0 fully saturated rings. The first-order valence-corrected chi connectivity index (χ1v) is 19.9. The smallest absolute Gasteiger partial charge is 0.142 e. The van der Waals surface area contributed by atoms with Gasteiger partial charge in [-0.25, -0.2) is 0 Å². The zero-order chi connectivity index (χ0) is 38.0. The predicted octanol–water partition coefficient (Wildman–Crippen LogP) is 11.0. The van der Waals surface area contributed by atoms with Crippen LogP contribution in [-0.2, 0) is 5.41 Å². The van der Waals surface area contributed by atoms with Crippen molar-refractivity contribution in [2.24, 2.45) is 5.92 Å². The van der Waals surface area contributed by atoms with Crippen molar-refractivity contribution in [2.75, 3.05) is 0 Å². The summed E-state index contributed by atoms with van der Waals surface area (Å²) in [6.07, 6.45) is 15.9. The van der Waals surface area contributed by atoms with E-state index in [0.29, 0.717) is 0 Å². The minimum atomic E-state index is -0.112. The molecule has 1 heterocycles. The van der Waals surface area contributed by atoms with Crippen LogP contribution in [0.25, 0.3) is 62.9 Å². The molecule has 0 saturated heterocycles. The fourth-order valence-corrected chi connectivity index (χ4v) is 9.85. The Morgan fingerprint density at radius 1 is 0.696 bits per heavy atom. The van der Waals surface area contributed by atoms with Gasteiger partial charge in [-0.2, -0.15) is 0 Å². The van der Waals surface area contributed by atoms with Crippen molar-refractivity contribution in [2.45, 2.75) is 38.0 Å². The van der Waals surface area contributed by atoms with E-state index in [-0.39, 0.29) is 17.3 Å². The minimum absolute atomic E-state index is 0.112. The number of hydrogen-bond acceptors (Lipinski definition) is 1. The van der Waals surface area contributed by atoms with Crippen molar-refractivity contribution in [1.82, 2.24) is 0 Å². The molecule has 6 aromatic carbocycles. The number of furan rings is 1. The van der Waals surface area contributed by atoms with Crippen LogP contribution in [0.1, 0.15) is 54.9 Å². The average molecular weight is 721 g/mol. The maximum atomic E-state index is 6.77. The van der Waals surface area contributed by atoms with Crippen molar-refractivity contribution in [3.8, 4) is 11.1 Å². The number of benzene rings is 6. The van der Waals surface area contributed by atoms with Crippen LogP contribution >= 0.6 is 0 Å². The van der Waals surface area contributed by atoms with Crippen molar-refractivity contribution >= 4 is 51.8 Å². The van der Waals surface area contributed by atoms with Crippen LogP contribution in [0.5, 0.6) is 0 Å². The highest BCUT2D eigenvalue weighted by Gasteiger charge is 2.51. The molecule has 270 valence electrons. The van der Waals surface area contributed by atoms with Gasteiger partial charge in [-0.15, -0.1) is 0 Å². The third kappa shape index (κ3) is 5.45. The van der Waals surface area contributed by atoms with Crippen LogP contribution in [-0.4, -0.2) is 0 Å². The zero-order valence-corrected chi connectivity index (χ0v) is 32.1. The Bertz CT molecular complexity index is 3090. The van der Waals surface area contributed by atoms with Crippen LogP contribution in [0.15, 0.2) is 180 Å². The summed E-state index contributed by atoms with van der Waals surface area (Å²) in [5.74, 6) is 0.411. The molecule has 1 heteroatoms. The molecule has 3 aliphatic carbocycles. The maximum Gasteiger partial charge on any atom is 0.142 e. The Morgan fingerprint density at radius 3 is 2.27 bits per heavy atom. The van der Waals surface area contributed by atoms with Crippen molar-refractivity contribution < 1.29 is 4.42 Å². The third-order valence-corrected chi connectivity index (χ3v) is 12.5. The predicted molar refractivity (Wildman–Crippen MR) is 237 cm³/mol. The second kappa shape index (κ2) is 13.4. The van der Waals surface area contributed by atoms with E-state index in [1.807, 2.05) is 0 Å². The molecular formula is C55H44O. The largest absolute Gasteiger partial charge is 0.455 e. The van der Waals surface area contributed by atoms with Crippen LogP contribution in [0.4, 0.5) is 0 Å². The van der Waals surface area contributed by atoms with Gasteiger partial charge in [0.05, 0.1) is 0 Å². The van der Waals surface area contributed by atoms with Gasteiger partial charge >= 0.3 is 0 Å². The molecule has 0 bridgehead atoms. The first-order chi connectivity index (χ1) is 27.4. The molecule has 0 radical (unpaired) electrons. The average Bonchev–Trinajstić information content (AvgIpc) is 3.73. The Labute approximate surface area is 328 Å². The van der Waals surface area contributed by atoms with Gasteiger partial charge in [0.2, 0.25) is 0 Å². The molecule has 0 spiro atoms. The second-order valence-corrected chi connectivity index (χ2v) is 16.1. The van der Waals surface area contributed by atoms with Gasteiger partial charge in [0.25, 0.3) is 0 Å². The molecule has 56 heavy (non-hydrogen) atoms. The van der Waals surface area contributed by atoms with Crippen molar-refractivity contribution in [1.29, 1.82) is 0 Å². The molecular weight excluding hydrogens is 677 g/mol. The Balaban J connectivity index is 1.24. The van der Waals surface area contributed by atoms with Gasteiger partial charge in [-0.3, -0.25) is 0 Å². The van der Waals surface area contributed by atoms with E-state index in [1.165, 1.54) is 60.4 Å². The molecule has 0 saturated carbocycles. The number of fused-ring (bicyclic) bond motifs is 10. The van der Waals surface area contributed by atoms with Crippen LogP contribution in [0.3, 0.4) is 0 Å². The fraction of sp³-hybridized carbons (Fsp3) is 0.127. The molecule has 0 aliphatic heterocycles. The van der Waals surface area contributed by atoms with E-state index in [4.69, 9.17) is 11.0 Å². The van der Waals surface area contributed by atoms with E-state index in [9.17, 15) is 0 Å². The Morgan fingerprint density at radius 2 is 1.43 bits per heavy atom. The molecule has 0 N–H and O–H groups in total. The van der Waals surface area contributed by atoms with E-state index in [1.54, 1.807) is 0 Å². The fourth-order valence-electron chi connectivity index (χ4n) is 9.85. The summed E-state index contributed by atoms with van der Waals surface area (Å²) in [6.45, 7) is 14.1. The number of allylic oxidation sites excluding steroid dienone is 6. The number of rotatable bonds is 4. The van der Waals surface area contributed by atoms with Crippen LogP contribution in [0.2, 0.25) is 0 Å². The monoisotopic (exact) mass is 720 g/mol. The van der Waals surface area contributed by atoms with Gasteiger partial charge in [0.1, 0.15) is 11.2 Å². The van der Waals surface area contributed by atoms with Crippen molar-refractivity contribution in [3.05, 3.63) is 219 Å². The summed E-state index contributed by atoms with van der Waals surface area (Å²) >= 11 is 0. The lowest BCUT2D eigenvalue weighted by Gasteiger charge is -2.38. The highest BCUT2D eigenvalue weighted by Crippen LogP contribution is 2.60. The summed E-state index contributed by atoms with van der Waals surface area (Å²) in [5.41, 5.74) is 14.2. The summed E-state index contributed by atoms with van der Waals surface area (Å²) in [4.78, 5) is 0.